The fourth-order valence-electron chi connectivity index (χ4n) is 2.05. The van der Waals surface area contributed by atoms with Crippen LogP contribution in [0.4, 0.5) is 8.78 Å². The van der Waals surface area contributed by atoms with Crippen molar-refractivity contribution in [2.45, 2.75) is 25.8 Å². The van der Waals surface area contributed by atoms with Gasteiger partial charge < -0.3 is 5.32 Å². The van der Waals surface area contributed by atoms with Gasteiger partial charge in [0, 0.05) is 17.0 Å². The first-order valence-electron chi connectivity index (χ1n) is 6.40. The molecule has 2 aromatic rings. The Labute approximate surface area is 116 Å². The zero-order chi connectivity index (χ0) is 13.7. The van der Waals surface area contributed by atoms with Crippen LogP contribution in [0.1, 0.15) is 29.8 Å². The fraction of sp³-hybridized carbons (Fsp3) is 0.333. The molecule has 0 aliphatic heterocycles. The molecule has 0 saturated carbocycles. The Hall–Kier alpha value is -1.26. The van der Waals surface area contributed by atoms with E-state index in [4.69, 9.17) is 0 Å². The lowest BCUT2D eigenvalue weighted by atomic mass is 10.0. The topological polar surface area (TPSA) is 12.0 Å². The minimum Gasteiger partial charge on any atom is -0.309 e. The summed E-state index contributed by atoms with van der Waals surface area (Å²) in [6.07, 6.45) is 1.62. The lowest BCUT2D eigenvalue weighted by molar-refractivity contribution is 0.529. The molecular weight excluding hydrogens is 264 g/mol. The van der Waals surface area contributed by atoms with Gasteiger partial charge in [-0.05, 0) is 48.5 Å². The third-order valence-corrected chi connectivity index (χ3v) is 3.88. The Morgan fingerprint density at radius 2 is 1.95 bits per heavy atom. The molecule has 1 atom stereocenters. The molecule has 1 aromatic carbocycles. The van der Waals surface area contributed by atoms with Crippen molar-refractivity contribution >= 4 is 11.3 Å². The summed E-state index contributed by atoms with van der Waals surface area (Å²) in [5.74, 6) is -1.04. The van der Waals surface area contributed by atoms with Crippen molar-refractivity contribution in [1.29, 1.82) is 0 Å². The largest absolute Gasteiger partial charge is 0.309 e. The molecule has 1 aromatic heterocycles. The molecule has 0 bridgehead atoms. The highest BCUT2D eigenvalue weighted by Crippen LogP contribution is 2.23. The number of thiophene rings is 1. The average molecular weight is 281 g/mol. The number of nitrogens with one attached hydrogen (secondary N) is 1. The van der Waals surface area contributed by atoms with Gasteiger partial charge in [0.15, 0.2) is 0 Å². The van der Waals surface area contributed by atoms with Crippen molar-refractivity contribution < 1.29 is 8.78 Å². The van der Waals surface area contributed by atoms with E-state index in [1.807, 2.05) is 17.5 Å². The van der Waals surface area contributed by atoms with Crippen LogP contribution in [0.5, 0.6) is 0 Å². The van der Waals surface area contributed by atoms with Gasteiger partial charge in [0.05, 0.1) is 0 Å². The molecule has 0 radical (unpaired) electrons. The summed E-state index contributed by atoms with van der Waals surface area (Å²) in [4.78, 5) is 1.19. The predicted molar refractivity (Wildman–Crippen MR) is 75.4 cm³/mol. The van der Waals surface area contributed by atoms with E-state index < -0.39 is 11.6 Å². The molecule has 0 aliphatic carbocycles. The van der Waals surface area contributed by atoms with Gasteiger partial charge in [-0.2, -0.15) is 0 Å². The summed E-state index contributed by atoms with van der Waals surface area (Å²) in [5.41, 5.74) is 0.680. The van der Waals surface area contributed by atoms with E-state index in [2.05, 4.69) is 12.2 Å². The first-order chi connectivity index (χ1) is 9.19. The number of hydrogen-bond acceptors (Lipinski definition) is 2. The van der Waals surface area contributed by atoms with Crippen molar-refractivity contribution in [3.05, 3.63) is 57.8 Å². The summed E-state index contributed by atoms with van der Waals surface area (Å²) in [7, 11) is 0. The molecule has 2 rings (SSSR count). The van der Waals surface area contributed by atoms with Crippen LogP contribution in [-0.4, -0.2) is 6.54 Å². The monoisotopic (exact) mass is 281 g/mol. The molecule has 1 unspecified atom stereocenters. The molecule has 0 aliphatic rings. The highest BCUT2D eigenvalue weighted by atomic mass is 32.1. The lowest BCUT2D eigenvalue weighted by Crippen LogP contribution is -2.23. The van der Waals surface area contributed by atoms with E-state index in [0.29, 0.717) is 12.0 Å². The normalized spacial score (nSPS) is 12.6. The molecule has 0 spiro atoms. The van der Waals surface area contributed by atoms with Crippen LogP contribution in [0.15, 0.2) is 35.7 Å². The summed E-state index contributed by atoms with van der Waals surface area (Å²) in [5, 5.41) is 5.44. The zero-order valence-corrected chi connectivity index (χ0v) is 11.6. The molecule has 1 heterocycles. The van der Waals surface area contributed by atoms with Gasteiger partial charge in [0.25, 0.3) is 0 Å². The first kappa shape index (κ1) is 14.2. The van der Waals surface area contributed by atoms with Crippen molar-refractivity contribution in [1.82, 2.24) is 5.32 Å². The van der Waals surface area contributed by atoms with E-state index in [-0.39, 0.29) is 6.04 Å². The molecule has 0 amide bonds. The van der Waals surface area contributed by atoms with Gasteiger partial charge in [0.1, 0.15) is 11.6 Å². The van der Waals surface area contributed by atoms with Crippen molar-refractivity contribution in [3.8, 4) is 0 Å². The highest BCUT2D eigenvalue weighted by Gasteiger charge is 2.13. The molecule has 1 N–H and O–H groups in total. The van der Waals surface area contributed by atoms with E-state index in [1.165, 1.54) is 17.0 Å². The zero-order valence-electron chi connectivity index (χ0n) is 10.8. The number of halogens is 2. The molecule has 1 nitrogen and oxygen atoms in total. The average Bonchev–Trinajstić information content (AvgIpc) is 2.87. The third kappa shape index (κ3) is 4.11. The quantitative estimate of drug-likeness (QED) is 0.832. The van der Waals surface area contributed by atoms with Crippen LogP contribution >= 0.6 is 11.3 Å². The van der Waals surface area contributed by atoms with Crippen molar-refractivity contribution in [2.24, 2.45) is 0 Å². The number of hydrogen-bond donors (Lipinski definition) is 1. The Bertz CT molecular complexity index is 491. The minimum atomic E-state index is -0.518. The molecule has 0 fully saturated rings. The smallest absolute Gasteiger partial charge is 0.126 e. The SMILES string of the molecule is CCCNC(Cc1cc(F)cc(F)c1)c1cccs1. The summed E-state index contributed by atoms with van der Waals surface area (Å²) < 4.78 is 26.4. The third-order valence-electron chi connectivity index (χ3n) is 2.89. The van der Waals surface area contributed by atoms with E-state index in [1.54, 1.807) is 11.3 Å². The van der Waals surface area contributed by atoms with Gasteiger partial charge in [0.2, 0.25) is 0 Å². The van der Waals surface area contributed by atoms with Gasteiger partial charge in [-0.15, -0.1) is 11.3 Å². The lowest BCUT2D eigenvalue weighted by Gasteiger charge is -2.17. The maximum atomic E-state index is 13.2. The predicted octanol–water partition coefficient (Wildman–Crippen LogP) is 4.31. The second kappa shape index (κ2) is 6.78. The molecule has 0 saturated heterocycles. The van der Waals surface area contributed by atoms with Gasteiger partial charge >= 0.3 is 0 Å². The highest BCUT2D eigenvalue weighted by molar-refractivity contribution is 7.10. The Balaban J connectivity index is 2.15. The second-order valence-corrected chi connectivity index (χ2v) is 5.48. The maximum absolute atomic E-state index is 13.2. The van der Waals surface area contributed by atoms with Crippen LogP contribution in [0.3, 0.4) is 0 Å². The maximum Gasteiger partial charge on any atom is 0.126 e. The second-order valence-electron chi connectivity index (χ2n) is 4.50. The van der Waals surface area contributed by atoms with E-state index >= 15 is 0 Å². The first-order valence-corrected chi connectivity index (χ1v) is 7.28. The Morgan fingerprint density at radius 3 is 2.53 bits per heavy atom. The van der Waals surface area contributed by atoms with Gasteiger partial charge in [-0.3, -0.25) is 0 Å². The standard InChI is InChI=1S/C15H17F2NS/c1-2-5-18-14(15-4-3-6-19-15)9-11-7-12(16)10-13(17)8-11/h3-4,6-8,10,14,18H,2,5,9H2,1H3. The van der Waals surface area contributed by atoms with Crippen LogP contribution in [0.25, 0.3) is 0 Å². The van der Waals surface area contributed by atoms with Crippen molar-refractivity contribution in [2.75, 3.05) is 6.54 Å². The van der Waals surface area contributed by atoms with E-state index in [0.717, 1.165) is 19.0 Å². The van der Waals surface area contributed by atoms with Gasteiger partial charge in [-0.1, -0.05) is 13.0 Å². The van der Waals surface area contributed by atoms with Crippen LogP contribution in [0.2, 0.25) is 0 Å². The fourth-order valence-corrected chi connectivity index (χ4v) is 2.85. The molecule has 4 heteroatoms. The molecule has 19 heavy (non-hydrogen) atoms. The van der Waals surface area contributed by atoms with Crippen LogP contribution in [-0.2, 0) is 6.42 Å². The van der Waals surface area contributed by atoms with E-state index in [9.17, 15) is 8.78 Å². The Morgan fingerprint density at radius 1 is 1.21 bits per heavy atom. The van der Waals surface area contributed by atoms with Gasteiger partial charge in [-0.25, -0.2) is 8.78 Å². The molecular formula is C15H17F2NS. The summed E-state index contributed by atoms with van der Waals surface area (Å²) in [6.45, 7) is 2.99. The van der Waals surface area contributed by atoms with Crippen LogP contribution < -0.4 is 5.32 Å². The number of rotatable bonds is 6. The molecule has 102 valence electrons. The van der Waals surface area contributed by atoms with Crippen LogP contribution in [0, 0.1) is 11.6 Å². The van der Waals surface area contributed by atoms with Crippen molar-refractivity contribution in [3.63, 3.8) is 0 Å². The Kier molecular flexibility index (Phi) is 5.05. The summed E-state index contributed by atoms with van der Waals surface area (Å²) in [6, 6.07) is 7.86. The number of benzene rings is 1. The summed E-state index contributed by atoms with van der Waals surface area (Å²) >= 11 is 1.66. The minimum absolute atomic E-state index is 0.112.